The first-order valence-corrected chi connectivity index (χ1v) is 14.1. The molecule has 3 N–H and O–H groups in total. The highest BCUT2D eigenvalue weighted by Crippen LogP contribution is 2.31. The third kappa shape index (κ3) is 7.72. The zero-order valence-corrected chi connectivity index (χ0v) is 23.1. The second-order valence-electron chi connectivity index (χ2n) is 9.24. The highest BCUT2D eigenvalue weighted by atomic mass is 32.2. The smallest absolute Gasteiger partial charge is 0.406 e. The normalized spacial score (nSPS) is 16.5. The van der Waals surface area contributed by atoms with Gasteiger partial charge in [0.25, 0.3) is 11.9 Å². The van der Waals surface area contributed by atoms with Crippen LogP contribution >= 0.6 is 0 Å². The highest BCUT2D eigenvalue weighted by molar-refractivity contribution is 7.89. The maximum absolute atomic E-state index is 13.9. The molecule has 3 aromatic rings. The number of aromatic nitrogens is 4. The molecule has 1 aliphatic rings. The van der Waals surface area contributed by atoms with Gasteiger partial charge in [-0.2, -0.15) is 9.52 Å². The predicted molar refractivity (Wildman–Crippen MR) is 138 cm³/mol. The number of rotatable bonds is 9. The monoisotopic (exact) mass is 632 g/mol. The number of alkyl halides is 5. The van der Waals surface area contributed by atoms with Crippen molar-refractivity contribution in [1.82, 2.24) is 35.1 Å². The van der Waals surface area contributed by atoms with Crippen LogP contribution < -0.4 is 15.4 Å². The van der Waals surface area contributed by atoms with Crippen molar-refractivity contribution in [3.05, 3.63) is 59.7 Å². The first-order valence-electron chi connectivity index (χ1n) is 12.6. The first kappa shape index (κ1) is 31.5. The van der Waals surface area contributed by atoms with Crippen molar-refractivity contribution in [2.45, 2.75) is 43.1 Å². The number of urea groups is 1. The molecule has 3 amide bonds. The third-order valence-electron chi connectivity index (χ3n) is 6.44. The number of nitrogens with zero attached hydrogens (tertiary/aromatic N) is 5. The Kier molecular flexibility index (Phi) is 9.14. The summed E-state index contributed by atoms with van der Waals surface area (Å²) in [6.45, 7) is 0.233. The Labute approximate surface area is 241 Å². The second-order valence-corrected chi connectivity index (χ2v) is 11.1. The SMILES string of the molecule is CCC(F)(F)c1ccc(CNC(=O)[C@H]2CN(C(=O)Nc3nn[nH]n3)CCN2S(=O)(=O)c2ccc(OC(F)(F)F)cc2)cc1. The molecule has 1 saturated heterocycles. The lowest BCUT2D eigenvalue weighted by molar-refractivity contribution is -0.274. The Morgan fingerprint density at radius 1 is 1.05 bits per heavy atom. The minimum Gasteiger partial charge on any atom is -0.406 e. The van der Waals surface area contributed by atoms with Gasteiger partial charge in [0.2, 0.25) is 15.9 Å². The van der Waals surface area contributed by atoms with Crippen molar-refractivity contribution in [2.75, 3.05) is 25.0 Å². The molecular formula is C24H25F5N8O5S. The lowest BCUT2D eigenvalue weighted by Crippen LogP contribution is -2.61. The number of amides is 3. The molecule has 0 aliphatic carbocycles. The van der Waals surface area contributed by atoms with Crippen molar-refractivity contribution in [3.8, 4) is 5.75 Å². The van der Waals surface area contributed by atoms with Gasteiger partial charge < -0.3 is 15.0 Å². The molecule has 4 rings (SSSR count). The minimum atomic E-state index is -4.99. The summed E-state index contributed by atoms with van der Waals surface area (Å²) in [5.74, 6) is -4.66. The molecule has 13 nitrogen and oxygen atoms in total. The maximum atomic E-state index is 13.9. The standard InChI is InChI=1S/C24H25F5N8O5S/c1-2-23(25,26)16-5-3-15(4-6-16)13-30-20(38)19-14-36(22(39)31-21-32-34-35-33-21)11-12-37(19)43(40,41)18-9-7-17(8-10-18)42-24(27,28)29/h3-10,19H,2,11-14H2,1H3,(H,30,38)(H2,31,32,33,34,35,39)/t19-/m1/s1. The largest absolute Gasteiger partial charge is 0.573 e. The van der Waals surface area contributed by atoms with Crippen molar-refractivity contribution >= 4 is 27.9 Å². The van der Waals surface area contributed by atoms with Gasteiger partial charge in [0.05, 0.1) is 4.90 Å². The summed E-state index contributed by atoms with van der Waals surface area (Å²) < 4.78 is 97.2. The van der Waals surface area contributed by atoms with E-state index in [1.807, 2.05) is 0 Å². The van der Waals surface area contributed by atoms with Gasteiger partial charge in [-0.3, -0.25) is 10.1 Å². The molecule has 1 fully saturated rings. The molecule has 1 aromatic heterocycles. The molecule has 43 heavy (non-hydrogen) atoms. The third-order valence-corrected chi connectivity index (χ3v) is 8.36. The molecule has 0 radical (unpaired) electrons. The summed E-state index contributed by atoms with van der Waals surface area (Å²) in [5, 5.41) is 17.6. The van der Waals surface area contributed by atoms with E-state index < -0.39 is 63.9 Å². The fourth-order valence-corrected chi connectivity index (χ4v) is 5.74. The quantitative estimate of drug-likeness (QED) is 0.304. The number of halogens is 5. The van der Waals surface area contributed by atoms with Crippen LogP contribution in [0.5, 0.6) is 5.75 Å². The van der Waals surface area contributed by atoms with Crippen LogP contribution in [0.4, 0.5) is 32.7 Å². The van der Waals surface area contributed by atoms with E-state index in [2.05, 4.69) is 36.0 Å². The van der Waals surface area contributed by atoms with Gasteiger partial charge in [-0.05, 0) is 35.0 Å². The summed E-state index contributed by atoms with van der Waals surface area (Å²) in [5.41, 5.74) is 0.241. The summed E-state index contributed by atoms with van der Waals surface area (Å²) in [4.78, 5) is 26.8. The number of nitrogens with one attached hydrogen (secondary N) is 3. The molecule has 2 heterocycles. The predicted octanol–water partition coefficient (Wildman–Crippen LogP) is 2.82. The van der Waals surface area contributed by atoms with Crippen molar-refractivity contribution in [3.63, 3.8) is 0 Å². The summed E-state index contributed by atoms with van der Waals surface area (Å²) in [7, 11) is -4.47. The molecule has 0 bridgehead atoms. The first-order chi connectivity index (χ1) is 20.2. The number of aromatic amines is 1. The number of carbonyl (C=O) groups is 2. The number of sulfonamides is 1. The number of ether oxygens (including phenoxy) is 1. The van der Waals surface area contributed by atoms with Crippen LogP contribution in [0.1, 0.15) is 24.5 Å². The van der Waals surface area contributed by atoms with Crippen LogP contribution in [-0.2, 0) is 27.3 Å². The maximum Gasteiger partial charge on any atom is 0.573 e. The van der Waals surface area contributed by atoms with E-state index in [0.717, 1.165) is 33.5 Å². The van der Waals surface area contributed by atoms with E-state index >= 15 is 0 Å². The topological polar surface area (TPSA) is 163 Å². The van der Waals surface area contributed by atoms with Gasteiger partial charge in [0, 0.05) is 38.2 Å². The fraction of sp³-hybridized carbons (Fsp3) is 0.375. The Hall–Kier alpha value is -4.39. The van der Waals surface area contributed by atoms with Gasteiger partial charge in [0.1, 0.15) is 11.8 Å². The van der Waals surface area contributed by atoms with E-state index in [0.29, 0.717) is 5.56 Å². The number of anilines is 1. The molecule has 232 valence electrons. The molecule has 0 saturated carbocycles. The van der Waals surface area contributed by atoms with Crippen LogP contribution in [0.2, 0.25) is 0 Å². The number of carbonyl (C=O) groups excluding carboxylic acids is 2. The Morgan fingerprint density at radius 2 is 1.72 bits per heavy atom. The van der Waals surface area contributed by atoms with E-state index in [9.17, 15) is 40.0 Å². The van der Waals surface area contributed by atoms with E-state index in [1.54, 1.807) is 0 Å². The van der Waals surface area contributed by atoms with Gasteiger partial charge >= 0.3 is 12.4 Å². The highest BCUT2D eigenvalue weighted by Gasteiger charge is 2.42. The number of piperazine rings is 1. The molecule has 0 spiro atoms. The zero-order valence-electron chi connectivity index (χ0n) is 22.3. The van der Waals surface area contributed by atoms with Gasteiger partial charge in [-0.1, -0.05) is 36.3 Å². The van der Waals surface area contributed by atoms with E-state index in [4.69, 9.17) is 0 Å². The van der Waals surface area contributed by atoms with Crippen molar-refractivity contribution < 1.29 is 44.7 Å². The second kappa shape index (κ2) is 12.5. The van der Waals surface area contributed by atoms with Crippen LogP contribution in [0.3, 0.4) is 0 Å². The average molecular weight is 633 g/mol. The summed E-state index contributed by atoms with van der Waals surface area (Å²) >= 11 is 0. The van der Waals surface area contributed by atoms with Crippen LogP contribution in [-0.4, -0.2) is 82.2 Å². The average Bonchev–Trinajstić information content (AvgIpc) is 3.48. The lowest BCUT2D eigenvalue weighted by Gasteiger charge is -2.39. The minimum absolute atomic E-state index is 0.153. The number of benzene rings is 2. The molecule has 1 atom stereocenters. The Morgan fingerprint density at radius 3 is 2.30 bits per heavy atom. The van der Waals surface area contributed by atoms with Crippen molar-refractivity contribution in [1.29, 1.82) is 0 Å². The fourth-order valence-electron chi connectivity index (χ4n) is 4.17. The Bertz CT molecular complexity index is 1520. The lowest BCUT2D eigenvalue weighted by atomic mass is 10.0. The number of tetrazole rings is 1. The van der Waals surface area contributed by atoms with E-state index in [-0.39, 0.29) is 31.1 Å². The van der Waals surface area contributed by atoms with Gasteiger partial charge in [-0.25, -0.2) is 22.0 Å². The summed E-state index contributed by atoms with van der Waals surface area (Å²) in [6.07, 6.45) is -5.39. The van der Waals surface area contributed by atoms with E-state index in [1.165, 1.54) is 31.2 Å². The van der Waals surface area contributed by atoms with Crippen LogP contribution in [0.25, 0.3) is 0 Å². The molecule has 0 unspecified atom stereocenters. The van der Waals surface area contributed by atoms with Gasteiger partial charge in [-0.15, -0.1) is 18.3 Å². The molecule has 19 heteroatoms. The number of hydrogen-bond acceptors (Lipinski definition) is 8. The number of hydrogen-bond donors (Lipinski definition) is 3. The van der Waals surface area contributed by atoms with Crippen molar-refractivity contribution in [2.24, 2.45) is 0 Å². The van der Waals surface area contributed by atoms with Crippen LogP contribution in [0.15, 0.2) is 53.4 Å². The zero-order chi connectivity index (χ0) is 31.4. The molecule has 1 aliphatic heterocycles. The van der Waals surface area contributed by atoms with Crippen LogP contribution in [0, 0.1) is 0 Å². The van der Waals surface area contributed by atoms with Gasteiger partial charge in [0.15, 0.2) is 0 Å². The molecule has 2 aromatic carbocycles. The molecular weight excluding hydrogens is 607 g/mol. The number of H-pyrrole nitrogens is 1. The Balaban J connectivity index is 1.54. The summed E-state index contributed by atoms with van der Waals surface area (Å²) in [6, 6.07) is 6.42.